The second-order valence-corrected chi connectivity index (χ2v) is 4.97. The maximum absolute atomic E-state index is 12.0. The van der Waals surface area contributed by atoms with Crippen LogP contribution >= 0.6 is 0 Å². The zero-order valence-corrected chi connectivity index (χ0v) is 12.2. The number of nitrogens with zero attached hydrogens (tertiary/aromatic N) is 3. The molecule has 1 aromatic carbocycles. The van der Waals surface area contributed by atoms with E-state index in [2.05, 4.69) is 25.8 Å². The van der Waals surface area contributed by atoms with Gasteiger partial charge in [0.25, 0.3) is 0 Å². The SMILES string of the molecule is CCOC(=O)c1ccccc1Nc1cnnc(NC2CC2)n1. The predicted octanol–water partition coefficient (Wildman–Crippen LogP) is 2.37. The summed E-state index contributed by atoms with van der Waals surface area (Å²) >= 11 is 0. The molecule has 7 heteroatoms. The van der Waals surface area contributed by atoms with Gasteiger partial charge in [-0.3, -0.25) is 0 Å². The standard InChI is InChI=1S/C15H17N5O2/c1-2-22-14(21)11-5-3-4-6-12(11)18-13-9-16-20-15(19-13)17-10-7-8-10/h3-6,9-10H,2,7-8H2,1H3,(H2,17,18,19,20). The highest BCUT2D eigenvalue weighted by atomic mass is 16.5. The van der Waals surface area contributed by atoms with Crippen molar-refractivity contribution in [3.8, 4) is 0 Å². The molecule has 0 amide bonds. The van der Waals surface area contributed by atoms with Gasteiger partial charge in [-0.15, -0.1) is 5.10 Å². The molecule has 3 rings (SSSR count). The van der Waals surface area contributed by atoms with Gasteiger partial charge in [-0.05, 0) is 31.9 Å². The topological polar surface area (TPSA) is 89.0 Å². The number of benzene rings is 1. The Morgan fingerprint density at radius 3 is 2.95 bits per heavy atom. The highest BCUT2D eigenvalue weighted by Crippen LogP contribution is 2.24. The monoisotopic (exact) mass is 299 g/mol. The van der Waals surface area contributed by atoms with Crippen LogP contribution in [0.1, 0.15) is 30.1 Å². The Hall–Kier alpha value is -2.70. The van der Waals surface area contributed by atoms with Crippen molar-refractivity contribution in [2.75, 3.05) is 17.2 Å². The zero-order valence-electron chi connectivity index (χ0n) is 12.2. The van der Waals surface area contributed by atoms with Crippen LogP contribution in [-0.4, -0.2) is 33.8 Å². The van der Waals surface area contributed by atoms with Crippen molar-refractivity contribution in [2.45, 2.75) is 25.8 Å². The first kappa shape index (κ1) is 14.2. The van der Waals surface area contributed by atoms with Crippen LogP contribution in [0, 0.1) is 0 Å². The number of hydrogen-bond donors (Lipinski definition) is 2. The van der Waals surface area contributed by atoms with Gasteiger partial charge in [0.15, 0.2) is 5.82 Å². The summed E-state index contributed by atoms with van der Waals surface area (Å²) in [5.41, 5.74) is 1.08. The molecule has 0 spiro atoms. The van der Waals surface area contributed by atoms with Gasteiger partial charge in [0.2, 0.25) is 5.95 Å². The second-order valence-electron chi connectivity index (χ2n) is 4.97. The Labute approximate surface area is 128 Å². The minimum atomic E-state index is -0.371. The average Bonchev–Trinajstić information content (AvgIpc) is 3.32. The Bertz CT molecular complexity index is 672. The summed E-state index contributed by atoms with van der Waals surface area (Å²) in [5.74, 6) is 0.639. The summed E-state index contributed by atoms with van der Waals surface area (Å²) in [6, 6.07) is 7.57. The first-order valence-corrected chi connectivity index (χ1v) is 7.25. The Balaban J connectivity index is 1.79. The van der Waals surface area contributed by atoms with Gasteiger partial charge < -0.3 is 15.4 Å². The van der Waals surface area contributed by atoms with Gasteiger partial charge in [-0.2, -0.15) is 10.1 Å². The molecule has 0 aliphatic heterocycles. The van der Waals surface area contributed by atoms with Crippen molar-refractivity contribution in [2.24, 2.45) is 0 Å². The molecular formula is C15H17N5O2. The van der Waals surface area contributed by atoms with Crippen LogP contribution in [0.3, 0.4) is 0 Å². The minimum absolute atomic E-state index is 0.331. The first-order valence-electron chi connectivity index (χ1n) is 7.25. The lowest BCUT2D eigenvalue weighted by Crippen LogP contribution is -2.10. The van der Waals surface area contributed by atoms with Gasteiger partial charge in [0.1, 0.15) is 0 Å². The number of carbonyl (C=O) groups is 1. The molecule has 1 aromatic heterocycles. The van der Waals surface area contributed by atoms with Crippen LogP contribution in [0.5, 0.6) is 0 Å². The quantitative estimate of drug-likeness (QED) is 0.791. The molecule has 114 valence electrons. The largest absolute Gasteiger partial charge is 0.462 e. The van der Waals surface area contributed by atoms with E-state index in [9.17, 15) is 4.79 Å². The lowest BCUT2D eigenvalue weighted by molar-refractivity contribution is 0.0527. The van der Waals surface area contributed by atoms with E-state index >= 15 is 0 Å². The lowest BCUT2D eigenvalue weighted by atomic mass is 10.2. The van der Waals surface area contributed by atoms with Crippen LogP contribution in [0.15, 0.2) is 30.5 Å². The van der Waals surface area contributed by atoms with E-state index in [0.29, 0.717) is 35.7 Å². The van der Waals surface area contributed by atoms with Crippen LogP contribution in [0.2, 0.25) is 0 Å². The molecule has 1 heterocycles. The predicted molar refractivity (Wildman–Crippen MR) is 82.2 cm³/mol. The van der Waals surface area contributed by atoms with Crippen molar-refractivity contribution in [1.29, 1.82) is 0 Å². The van der Waals surface area contributed by atoms with Gasteiger partial charge in [0, 0.05) is 6.04 Å². The molecule has 0 unspecified atom stereocenters. The number of ether oxygens (including phenoxy) is 1. The number of para-hydroxylation sites is 1. The molecule has 1 aliphatic carbocycles. The summed E-state index contributed by atoms with van der Waals surface area (Å²) in [6.45, 7) is 2.11. The summed E-state index contributed by atoms with van der Waals surface area (Å²) in [6.07, 6.45) is 3.78. The van der Waals surface area contributed by atoms with E-state index < -0.39 is 0 Å². The molecule has 0 bridgehead atoms. The van der Waals surface area contributed by atoms with Gasteiger partial charge in [0.05, 0.1) is 24.1 Å². The maximum Gasteiger partial charge on any atom is 0.340 e. The van der Waals surface area contributed by atoms with Crippen LogP contribution in [0.25, 0.3) is 0 Å². The van der Waals surface area contributed by atoms with Gasteiger partial charge in [-0.25, -0.2) is 4.79 Å². The third-order valence-electron chi connectivity index (χ3n) is 3.15. The van der Waals surface area contributed by atoms with E-state index in [1.165, 1.54) is 6.20 Å². The molecule has 7 nitrogen and oxygen atoms in total. The van der Waals surface area contributed by atoms with E-state index in [4.69, 9.17) is 4.74 Å². The first-order chi connectivity index (χ1) is 10.8. The van der Waals surface area contributed by atoms with Crippen molar-refractivity contribution in [1.82, 2.24) is 15.2 Å². The maximum atomic E-state index is 12.0. The molecular weight excluding hydrogens is 282 g/mol. The average molecular weight is 299 g/mol. The number of esters is 1. The molecule has 22 heavy (non-hydrogen) atoms. The molecule has 1 aliphatic rings. The Morgan fingerprint density at radius 1 is 1.36 bits per heavy atom. The molecule has 0 atom stereocenters. The highest BCUT2D eigenvalue weighted by molar-refractivity contribution is 5.96. The molecule has 1 fully saturated rings. The number of rotatable bonds is 6. The highest BCUT2D eigenvalue weighted by Gasteiger charge is 2.22. The van der Waals surface area contributed by atoms with E-state index in [-0.39, 0.29) is 5.97 Å². The smallest absolute Gasteiger partial charge is 0.340 e. The molecule has 2 aromatic rings. The second kappa shape index (κ2) is 6.38. The summed E-state index contributed by atoms with van der Waals surface area (Å²) in [4.78, 5) is 16.3. The molecule has 0 radical (unpaired) electrons. The third-order valence-corrected chi connectivity index (χ3v) is 3.15. The van der Waals surface area contributed by atoms with Crippen molar-refractivity contribution < 1.29 is 9.53 Å². The number of aromatic nitrogens is 3. The van der Waals surface area contributed by atoms with Gasteiger partial charge in [-0.1, -0.05) is 12.1 Å². The zero-order chi connectivity index (χ0) is 15.4. The van der Waals surface area contributed by atoms with E-state index in [1.54, 1.807) is 25.1 Å². The third kappa shape index (κ3) is 3.49. The fraction of sp³-hybridized carbons (Fsp3) is 0.333. The molecule has 2 N–H and O–H groups in total. The number of anilines is 3. The summed E-state index contributed by atoms with van der Waals surface area (Å²) in [7, 11) is 0. The molecule has 0 saturated heterocycles. The minimum Gasteiger partial charge on any atom is -0.462 e. The van der Waals surface area contributed by atoms with Crippen LogP contribution in [-0.2, 0) is 4.74 Å². The number of hydrogen-bond acceptors (Lipinski definition) is 7. The van der Waals surface area contributed by atoms with Crippen LogP contribution in [0.4, 0.5) is 17.5 Å². The Morgan fingerprint density at radius 2 is 2.18 bits per heavy atom. The number of nitrogens with one attached hydrogen (secondary N) is 2. The summed E-state index contributed by atoms with van der Waals surface area (Å²) in [5, 5.41) is 14.1. The van der Waals surface area contributed by atoms with Crippen molar-refractivity contribution in [3.05, 3.63) is 36.0 Å². The Kier molecular flexibility index (Phi) is 4.13. The lowest BCUT2D eigenvalue weighted by Gasteiger charge is -2.11. The fourth-order valence-electron chi connectivity index (χ4n) is 1.95. The van der Waals surface area contributed by atoms with E-state index in [1.807, 2.05) is 6.07 Å². The van der Waals surface area contributed by atoms with Crippen LogP contribution < -0.4 is 10.6 Å². The normalized spacial score (nSPS) is 13.5. The summed E-state index contributed by atoms with van der Waals surface area (Å²) < 4.78 is 5.05. The molecule has 1 saturated carbocycles. The fourth-order valence-corrected chi connectivity index (χ4v) is 1.95. The number of carbonyl (C=O) groups excluding carboxylic acids is 1. The van der Waals surface area contributed by atoms with Gasteiger partial charge >= 0.3 is 5.97 Å². The van der Waals surface area contributed by atoms with E-state index in [0.717, 1.165) is 12.8 Å². The van der Waals surface area contributed by atoms with Crippen molar-refractivity contribution >= 4 is 23.4 Å². The van der Waals surface area contributed by atoms with Crippen molar-refractivity contribution in [3.63, 3.8) is 0 Å².